The second-order valence-electron chi connectivity index (χ2n) is 4.36. The molecule has 98 valence electrons. The summed E-state index contributed by atoms with van der Waals surface area (Å²) < 4.78 is 18.2. The zero-order valence-electron chi connectivity index (χ0n) is 10.3. The van der Waals surface area contributed by atoms with E-state index in [0.717, 1.165) is 25.9 Å². The lowest BCUT2D eigenvalue weighted by Crippen LogP contribution is -2.45. The van der Waals surface area contributed by atoms with E-state index in [2.05, 4.69) is 10.6 Å². The van der Waals surface area contributed by atoms with Crippen LogP contribution in [0.4, 0.5) is 4.39 Å². The van der Waals surface area contributed by atoms with Crippen LogP contribution in [0.25, 0.3) is 0 Å². The molecule has 0 aromatic heterocycles. The molecule has 0 aliphatic carbocycles. The third-order valence-electron chi connectivity index (χ3n) is 3.04. The van der Waals surface area contributed by atoms with Gasteiger partial charge >= 0.3 is 0 Å². The summed E-state index contributed by atoms with van der Waals surface area (Å²) in [4.78, 5) is 12.1. The van der Waals surface area contributed by atoms with Crippen molar-refractivity contribution in [3.05, 3.63) is 29.6 Å². The van der Waals surface area contributed by atoms with E-state index in [0.29, 0.717) is 5.75 Å². The van der Waals surface area contributed by atoms with Crippen molar-refractivity contribution in [1.29, 1.82) is 0 Å². The molecule has 1 saturated heterocycles. The molecule has 18 heavy (non-hydrogen) atoms. The highest BCUT2D eigenvalue weighted by atomic mass is 19.1. The van der Waals surface area contributed by atoms with Crippen LogP contribution in [0.3, 0.4) is 0 Å². The molecule has 1 aliphatic rings. The number of benzene rings is 1. The minimum atomic E-state index is -0.442. The number of carbonyl (C=O) groups is 1. The first-order valence-corrected chi connectivity index (χ1v) is 6.06. The molecule has 1 amide bonds. The fourth-order valence-corrected chi connectivity index (χ4v) is 2.10. The Bertz CT molecular complexity index is 431. The lowest BCUT2D eigenvalue weighted by Gasteiger charge is -2.24. The maximum absolute atomic E-state index is 13.2. The van der Waals surface area contributed by atoms with Crippen molar-refractivity contribution in [2.45, 2.75) is 18.9 Å². The number of amides is 1. The van der Waals surface area contributed by atoms with Crippen LogP contribution in [0, 0.1) is 5.82 Å². The van der Waals surface area contributed by atoms with Crippen molar-refractivity contribution in [2.24, 2.45) is 0 Å². The van der Waals surface area contributed by atoms with Crippen molar-refractivity contribution in [3.8, 4) is 5.75 Å². The van der Waals surface area contributed by atoms with E-state index >= 15 is 0 Å². The van der Waals surface area contributed by atoms with Gasteiger partial charge in [-0.2, -0.15) is 0 Å². The molecule has 1 atom stereocenters. The minimum Gasteiger partial charge on any atom is -0.496 e. The van der Waals surface area contributed by atoms with E-state index in [-0.39, 0.29) is 17.5 Å². The van der Waals surface area contributed by atoms with Gasteiger partial charge in [-0.05, 0) is 37.6 Å². The molecule has 1 aromatic carbocycles. The third kappa shape index (κ3) is 2.98. The molecule has 2 rings (SSSR count). The predicted molar refractivity (Wildman–Crippen MR) is 66.3 cm³/mol. The average molecular weight is 252 g/mol. The second-order valence-corrected chi connectivity index (χ2v) is 4.36. The Hall–Kier alpha value is -1.62. The Kier molecular flexibility index (Phi) is 4.15. The van der Waals surface area contributed by atoms with Gasteiger partial charge in [0, 0.05) is 12.6 Å². The molecular formula is C13H17FN2O2. The number of carbonyl (C=O) groups excluding carboxylic acids is 1. The zero-order chi connectivity index (χ0) is 13.0. The SMILES string of the molecule is COc1ccc(F)cc1C(=O)N[C@H]1CCCNC1. The van der Waals surface area contributed by atoms with Crippen LogP contribution < -0.4 is 15.4 Å². The number of hydrogen-bond donors (Lipinski definition) is 2. The molecule has 0 spiro atoms. The Morgan fingerprint density at radius 1 is 1.56 bits per heavy atom. The Balaban J connectivity index is 2.09. The molecular weight excluding hydrogens is 235 g/mol. The lowest BCUT2D eigenvalue weighted by molar-refractivity contribution is 0.0927. The summed E-state index contributed by atoms with van der Waals surface area (Å²) in [7, 11) is 1.46. The van der Waals surface area contributed by atoms with Gasteiger partial charge in [0.1, 0.15) is 11.6 Å². The van der Waals surface area contributed by atoms with E-state index in [4.69, 9.17) is 4.74 Å². The molecule has 5 heteroatoms. The van der Waals surface area contributed by atoms with Gasteiger partial charge in [0.2, 0.25) is 0 Å². The number of methoxy groups -OCH3 is 1. The van der Waals surface area contributed by atoms with Crippen LogP contribution in [0.15, 0.2) is 18.2 Å². The second kappa shape index (κ2) is 5.82. The molecule has 1 fully saturated rings. The van der Waals surface area contributed by atoms with Gasteiger partial charge in [-0.15, -0.1) is 0 Å². The molecule has 0 saturated carbocycles. The highest BCUT2D eigenvalue weighted by Gasteiger charge is 2.19. The van der Waals surface area contributed by atoms with E-state index in [1.807, 2.05) is 0 Å². The number of nitrogens with one attached hydrogen (secondary N) is 2. The first-order valence-electron chi connectivity index (χ1n) is 6.06. The fourth-order valence-electron chi connectivity index (χ4n) is 2.10. The summed E-state index contributed by atoms with van der Waals surface area (Å²) in [5, 5.41) is 6.10. The smallest absolute Gasteiger partial charge is 0.255 e. The maximum atomic E-state index is 13.2. The van der Waals surface area contributed by atoms with Gasteiger partial charge in [0.25, 0.3) is 5.91 Å². The van der Waals surface area contributed by atoms with Crippen molar-refractivity contribution in [3.63, 3.8) is 0 Å². The summed E-state index contributed by atoms with van der Waals surface area (Å²) in [6.45, 7) is 1.74. The van der Waals surface area contributed by atoms with Crippen molar-refractivity contribution in [1.82, 2.24) is 10.6 Å². The Labute approximate surface area is 106 Å². The average Bonchev–Trinajstić information content (AvgIpc) is 2.40. The molecule has 4 nitrogen and oxygen atoms in total. The summed E-state index contributed by atoms with van der Waals surface area (Å²) in [6, 6.07) is 4.03. The van der Waals surface area contributed by atoms with Crippen molar-refractivity contribution >= 4 is 5.91 Å². The quantitative estimate of drug-likeness (QED) is 0.853. The van der Waals surface area contributed by atoms with E-state index < -0.39 is 5.82 Å². The molecule has 0 bridgehead atoms. The zero-order valence-corrected chi connectivity index (χ0v) is 10.3. The fraction of sp³-hybridized carbons (Fsp3) is 0.462. The first kappa shape index (κ1) is 12.8. The van der Waals surface area contributed by atoms with Gasteiger partial charge < -0.3 is 15.4 Å². The number of ether oxygens (including phenoxy) is 1. The molecule has 0 radical (unpaired) electrons. The van der Waals surface area contributed by atoms with Crippen LogP contribution >= 0.6 is 0 Å². The van der Waals surface area contributed by atoms with E-state index in [1.54, 1.807) is 0 Å². The molecule has 1 heterocycles. The van der Waals surface area contributed by atoms with Gasteiger partial charge in [-0.3, -0.25) is 4.79 Å². The number of rotatable bonds is 3. The maximum Gasteiger partial charge on any atom is 0.255 e. The summed E-state index contributed by atoms with van der Waals surface area (Å²) >= 11 is 0. The summed E-state index contributed by atoms with van der Waals surface area (Å²) in [6.07, 6.45) is 1.97. The molecule has 0 unspecified atom stereocenters. The number of halogens is 1. The standard InChI is InChI=1S/C13H17FN2O2/c1-18-12-5-4-9(14)7-11(12)13(17)16-10-3-2-6-15-8-10/h4-5,7,10,15H,2-3,6,8H2,1H3,(H,16,17)/t10-/m0/s1. The Morgan fingerprint density at radius 3 is 3.06 bits per heavy atom. The third-order valence-corrected chi connectivity index (χ3v) is 3.04. The molecule has 1 aromatic rings. The monoisotopic (exact) mass is 252 g/mol. The minimum absolute atomic E-state index is 0.0965. The molecule has 2 N–H and O–H groups in total. The highest BCUT2D eigenvalue weighted by Crippen LogP contribution is 2.19. The topological polar surface area (TPSA) is 50.4 Å². The van der Waals surface area contributed by atoms with Crippen LogP contribution in [0.5, 0.6) is 5.75 Å². The van der Waals surface area contributed by atoms with Crippen LogP contribution in [0.1, 0.15) is 23.2 Å². The first-order chi connectivity index (χ1) is 8.70. The van der Waals surface area contributed by atoms with Gasteiger partial charge in [0.05, 0.1) is 12.7 Å². The number of piperidine rings is 1. The van der Waals surface area contributed by atoms with E-state index in [1.165, 1.54) is 25.3 Å². The van der Waals surface area contributed by atoms with Crippen molar-refractivity contribution < 1.29 is 13.9 Å². The van der Waals surface area contributed by atoms with Crippen LogP contribution in [0.2, 0.25) is 0 Å². The normalized spacial score (nSPS) is 19.3. The number of hydrogen-bond acceptors (Lipinski definition) is 3. The Morgan fingerprint density at radius 2 is 2.39 bits per heavy atom. The highest BCUT2D eigenvalue weighted by molar-refractivity contribution is 5.97. The van der Waals surface area contributed by atoms with Crippen molar-refractivity contribution in [2.75, 3.05) is 20.2 Å². The van der Waals surface area contributed by atoms with Gasteiger partial charge in [-0.1, -0.05) is 0 Å². The van der Waals surface area contributed by atoms with Gasteiger partial charge in [-0.25, -0.2) is 4.39 Å². The van der Waals surface area contributed by atoms with E-state index in [9.17, 15) is 9.18 Å². The summed E-state index contributed by atoms with van der Waals surface area (Å²) in [5.41, 5.74) is 0.239. The largest absolute Gasteiger partial charge is 0.496 e. The van der Waals surface area contributed by atoms with Gasteiger partial charge in [0.15, 0.2) is 0 Å². The molecule has 1 aliphatic heterocycles. The summed E-state index contributed by atoms with van der Waals surface area (Å²) in [5.74, 6) is -0.347. The predicted octanol–water partition coefficient (Wildman–Crippen LogP) is 1.32. The van der Waals surface area contributed by atoms with Crippen LogP contribution in [-0.2, 0) is 0 Å². The van der Waals surface area contributed by atoms with Crippen LogP contribution in [-0.4, -0.2) is 32.1 Å². The lowest BCUT2D eigenvalue weighted by atomic mass is 10.1.